The van der Waals surface area contributed by atoms with Crippen molar-refractivity contribution >= 4 is 10.0 Å². The van der Waals surface area contributed by atoms with Crippen molar-refractivity contribution in [3.63, 3.8) is 0 Å². The topological polar surface area (TPSA) is 97.6 Å². The summed E-state index contributed by atoms with van der Waals surface area (Å²) in [6, 6.07) is 11.4. The lowest BCUT2D eigenvalue weighted by Gasteiger charge is -2.25. The Morgan fingerprint density at radius 2 is 1.80 bits per heavy atom. The summed E-state index contributed by atoms with van der Waals surface area (Å²) >= 11 is 0. The first-order chi connectivity index (χ1) is 17.0. The molecular weight excluding hydrogens is 471 g/mol. The van der Waals surface area contributed by atoms with E-state index in [-0.39, 0.29) is 22.6 Å². The van der Waals surface area contributed by atoms with Gasteiger partial charge in [-0.15, -0.1) is 0 Å². The van der Waals surface area contributed by atoms with Gasteiger partial charge in [-0.3, -0.25) is 0 Å². The van der Waals surface area contributed by atoms with Gasteiger partial charge in [-0.05, 0) is 74.7 Å². The Balaban J connectivity index is 1.24. The van der Waals surface area contributed by atoms with Crippen LogP contribution in [0, 0.1) is 5.82 Å². The minimum absolute atomic E-state index is 0.00890. The van der Waals surface area contributed by atoms with E-state index in [4.69, 9.17) is 9.26 Å². The number of ether oxygens (including phenoxy) is 1. The van der Waals surface area contributed by atoms with E-state index >= 15 is 0 Å². The van der Waals surface area contributed by atoms with E-state index in [1.807, 2.05) is 0 Å². The molecule has 8 nitrogen and oxygen atoms in total. The Bertz CT molecular complexity index is 1250. The SMILES string of the molecule is O=S(=O)(c1ccc(Cc2nc(-c3ccc(OC4CCNCC4)c(F)c3)no2)cc1)N1CCCCC1. The van der Waals surface area contributed by atoms with Crippen molar-refractivity contribution in [1.29, 1.82) is 0 Å². The number of hydrogen-bond acceptors (Lipinski definition) is 7. The third kappa shape index (κ3) is 5.55. The molecule has 5 rings (SSSR count). The quantitative estimate of drug-likeness (QED) is 0.527. The molecule has 0 radical (unpaired) electrons. The maximum absolute atomic E-state index is 14.6. The minimum Gasteiger partial charge on any atom is -0.487 e. The van der Waals surface area contributed by atoms with E-state index in [9.17, 15) is 12.8 Å². The van der Waals surface area contributed by atoms with Crippen LogP contribution in [0.3, 0.4) is 0 Å². The molecule has 3 aromatic rings. The highest BCUT2D eigenvalue weighted by Crippen LogP contribution is 2.27. The molecule has 2 aromatic carbocycles. The Hall–Kier alpha value is -2.82. The van der Waals surface area contributed by atoms with Crippen LogP contribution in [-0.2, 0) is 16.4 Å². The maximum Gasteiger partial charge on any atom is 0.243 e. The summed E-state index contributed by atoms with van der Waals surface area (Å²) < 4.78 is 53.0. The van der Waals surface area contributed by atoms with Gasteiger partial charge in [-0.2, -0.15) is 9.29 Å². The number of halogens is 1. The van der Waals surface area contributed by atoms with Crippen LogP contribution in [0.1, 0.15) is 43.6 Å². The molecule has 0 atom stereocenters. The summed E-state index contributed by atoms with van der Waals surface area (Å²) in [6.07, 6.45) is 4.91. The van der Waals surface area contributed by atoms with Gasteiger partial charge in [0.15, 0.2) is 11.6 Å². The predicted octanol–water partition coefficient (Wildman–Crippen LogP) is 3.77. The average Bonchev–Trinajstić information content (AvgIpc) is 3.35. The first-order valence-electron chi connectivity index (χ1n) is 12.1. The molecule has 0 unspecified atom stereocenters. The second kappa shape index (κ2) is 10.4. The average molecular weight is 501 g/mol. The molecule has 0 amide bonds. The molecule has 2 aliphatic rings. The zero-order valence-corrected chi connectivity index (χ0v) is 20.3. The molecule has 0 bridgehead atoms. The molecule has 0 aliphatic carbocycles. The van der Waals surface area contributed by atoms with Crippen LogP contribution >= 0.6 is 0 Å². The van der Waals surface area contributed by atoms with E-state index in [0.29, 0.717) is 31.0 Å². The molecule has 35 heavy (non-hydrogen) atoms. The second-order valence-electron chi connectivity index (χ2n) is 9.01. The van der Waals surface area contributed by atoms with Gasteiger partial charge in [0.2, 0.25) is 21.7 Å². The summed E-state index contributed by atoms with van der Waals surface area (Å²) in [5.41, 5.74) is 1.34. The Morgan fingerprint density at radius 3 is 2.51 bits per heavy atom. The largest absolute Gasteiger partial charge is 0.487 e. The van der Waals surface area contributed by atoms with Crippen LogP contribution in [0.5, 0.6) is 5.75 Å². The van der Waals surface area contributed by atoms with E-state index in [1.54, 1.807) is 40.7 Å². The number of piperidine rings is 2. The zero-order valence-electron chi connectivity index (χ0n) is 19.5. The number of rotatable bonds is 7. The molecule has 2 fully saturated rings. The van der Waals surface area contributed by atoms with Crippen molar-refractivity contribution in [3.05, 3.63) is 59.7 Å². The van der Waals surface area contributed by atoms with E-state index < -0.39 is 15.8 Å². The van der Waals surface area contributed by atoms with Gasteiger partial charge in [0.25, 0.3) is 0 Å². The van der Waals surface area contributed by atoms with E-state index in [0.717, 1.165) is 50.8 Å². The molecule has 2 saturated heterocycles. The predicted molar refractivity (Wildman–Crippen MR) is 128 cm³/mol. The fourth-order valence-corrected chi connectivity index (χ4v) is 6.00. The van der Waals surface area contributed by atoms with Crippen LogP contribution in [0.15, 0.2) is 51.9 Å². The summed E-state index contributed by atoms with van der Waals surface area (Å²) in [5.74, 6) is 0.417. The van der Waals surface area contributed by atoms with Crippen molar-refractivity contribution in [2.75, 3.05) is 26.2 Å². The number of nitrogens with zero attached hydrogens (tertiary/aromatic N) is 3. The summed E-state index contributed by atoms with van der Waals surface area (Å²) in [5, 5.41) is 7.24. The Kier molecular flexibility index (Phi) is 7.12. The van der Waals surface area contributed by atoms with Gasteiger partial charge in [0, 0.05) is 18.7 Å². The lowest BCUT2D eigenvalue weighted by molar-refractivity contribution is 0.156. The fraction of sp³-hybridized carbons (Fsp3) is 0.440. The standard InChI is InChI=1S/C25H29FN4O4S/c26-22-17-19(6-9-23(22)33-20-10-12-27-13-11-20)25-28-24(34-29-25)16-18-4-7-21(8-5-18)35(31,32)30-14-2-1-3-15-30/h4-9,17,20,27H,1-3,10-16H2. The van der Waals surface area contributed by atoms with Crippen molar-refractivity contribution in [2.24, 2.45) is 0 Å². The summed E-state index contributed by atoms with van der Waals surface area (Å²) in [4.78, 5) is 4.68. The lowest BCUT2D eigenvalue weighted by atomic mass is 10.1. The van der Waals surface area contributed by atoms with Gasteiger partial charge >= 0.3 is 0 Å². The molecule has 0 saturated carbocycles. The van der Waals surface area contributed by atoms with E-state index in [2.05, 4.69) is 15.5 Å². The number of benzene rings is 2. The highest BCUT2D eigenvalue weighted by molar-refractivity contribution is 7.89. The van der Waals surface area contributed by atoms with Crippen molar-refractivity contribution in [1.82, 2.24) is 19.8 Å². The zero-order chi connectivity index (χ0) is 24.3. The maximum atomic E-state index is 14.6. The molecular formula is C25H29FN4O4S. The van der Waals surface area contributed by atoms with Crippen LogP contribution in [0.25, 0.3) is 11.4 Å². The Labute approximate surface area is 204 Å². The van der Waals surface area contributed by atoms with Gasteiger partial charge in [0.05, 0.1) is 11.3 Å². The smallest absolute Gasteiger partial charge is 0.243 e. The lowest BCUT2D eigenvalue weighted by Crippen LogP contribution is -2.35. The molecule has 2 aliphatic heterocycles. The van der Waals surface area contributed by atoms with Gasteiger partial charge in [-0.1, -0.05) is 23.7 Å². The van der Waals surface area contributed by atoms with Crippen molar-refractivity contribution in [2.45, 2.75) is 49.5 Å². The highest BCUT2D eigenvalue weighted by atomic mass is 32.2. The summed E-state index contributed by atoms with van der Waals surface area (Å²) in [7, 11) is -3.47. The number of hydrogen-bond donors (Lipinski definition) is 1. The third-order valence-corrected chi connectivity index (χ3v) is 8.38. The van der Waals surface area contributed by atoms with Crippen LogP contribution in [-0.4, -0.2) is 55.1 Å². The Morgan fingerprint density at radius 1 is 1.06 bits per heavy atom. The fourth-order valence-electron chi connectivity index (χ4n) is 4.48. The van der Waals surface area contributed by atoms with E-state index in [1.165, 1.54) is 6.07 Å². The second-order valence-corrected chi connectivity index (χ2v) is 10.9. The first-order valence-corrected chi connectivity index (χ1v) is 13.5. The van der Waals surface area contributed by atoms with Gasteiger partial charge < -0.3 is 14.6 Å². The van der Waals surface area contributed by atoms with Crippen LogP contribution in [0.2, 0.25) is 0 Å². The highest BCUT2D eigenvalue weighted by Gasteiger charge is 2.26. The monoisotopic (exact) mass is 500 g/mol. The van der Waals surface area contributed by atoms with Crippen LogP contribution < -0.4 is 10.1 Å². The van der Waals surface area contributed by atoms with Gasteiger partial charge in [0.1, 0.15) is 6.10 Å². The number of nitrogens with one attached hydrogen (secondary N) is 1. The molecule has 186 valence electrons. The molecule has 1 N–H and O–H groups in total. The summed E-state index contributed by atoms with van der Waals surface area (Å²) in [6.45, 7) is 2.88. The molecule has 3 heterocycles. The van der Waals surface area contributed by atoms with Crippen LogP contribution in [0.4, 0.5) is 4.39 Å². The number of aromatic nitrogens is 2. The van der Waals surface area contributed by atoms with Crippen molar-refractivity contribution < 1.29 is 22.1 Å². The minimum atomic E-state index is -3.47. The normalized spacial score (nSPS) is 18.0. The molecule has 0 spiro atoms. The third-order valence-electron chi connectivity index (χ3n) is 6.47. The van der Waals surface area contributed by atoms with Crippen molar-refractivity contribution in [3.8, 4) is 17.1 Å². The first kappa shape index (κ1) is 23.9. The molecule has 1 aromatic heterocycles. The number of sulfonamides is 1. The molecule has 10 heteroatoms. The van der Waals surface area contributed by atoms with Gasteiger partial charge in [-0.25, -0.2) is 12.8 Å².